The standard InChI is InChI=1S/C17H27N3O2/c1-5-20-11-10-16(13(2)12-20)19(3)17(21)18-14-6-8-15(22-4)9-7-14/h6-9,13,16H,5,10-12H2,1-4H3,(H,18,21)/t13-,16-/m0/s1. The quantitative estimate of drug-likeness (QED) is 0.930. The first-order valence-electron chi connectivity index (χ1n) is 7.95. The molecule has 22 heavy (non-hydrogen) atoms. The van der Waals surface area contributed by atoms with Crippen molar-refractivity contribution < 1.29 is 9.53 Å². The second-order valence-electron chi connectivity index (χ2n) is 6.00. The molecule has 0 spiro atoms. The molecule has 5 nitrogen and oxygen atoms in total. The number of methoxy groups -OCH3 is 1. The van der Waals surface area contributed by atoms with E-state index in [1.165, 1.54) is 0 Å². The van der Waals surface area contributed by atoms with Gasteiger partial charge in [0.2, 0.25) is 0 Å². The van der Waals surface area contributed by atoms with Gasteiger partial charge >= 0.3 is 6.03 Å². The number of nitrogens with one attached hydrogen (secondary N) is 1. The van der Waals surface area contributed by atoms with Crippen LogP contribution in [-0.4, -0.2) is 55.7 Å². The van der Waals surface area contributed by atoms with Gasteiger partial charge in [-0.2, -0.15) is 0 Å². The van der Waals surface area contributed by atoms with Crippen LogP contribution in [0.4, 0.5) is 10.5 Å². The average molecular weight is 305 g/mol. The third-order valence-electron chi connectivity index (χ3n) is 4.55. The Bertz CT molecular complexity index is 489. The van der Waals surface area contributed by atoms with Crippen molar-refractivity contribution >= 4 is 11.7 Å². The molecule has 1 aliphatic heterocycles. The van der Waals surface area contributed by atoms with E-state index in [-0.39, 0.29) is 6.03 Å². The SMILES string of the molecule is CCN1CC[C@H](N(C)C(=O)Nc2ccc(OC)cc2)[C@@H](C)C1. The molecule has 1 saturated heterocycles. The van der Waals surface area contributed by atoms with Crippen LogP contribution in [0.1, 0.15) is 20.3 Å². The summed E-state index contributed by atoms with van der Waals surface area (Å²) in [6, 6.07) is 7.64. The van der Waals surface area contributed by atoms with E-state index in [0.717, 1.165) is 37.5 Å². The van der Waals surface area contributed by atoms with Crippen LogP contribution < -0.4 is 10.1 Å². The maximum absolute atomic E-state index is 12.4. The van der Waals surface area contributed by atoms with Crippen molar-refractivity contribution in [2.24, 2.45) is 5.92 Å². The molecule has 2 rings (SSSR count). The van der Waals surface area contributed by atoms with Crippen LogP contribution in [-0.2, 0) is 0 Å². The smallest absolute Gasteiger partial charge is 0.321 e. The van der Waals surface area contributed by atoms with Crippen molar-refractivity contribution in [2.45, 2.75) is 26.3 Å². The van der Waals surface area contributed by atoms with Gasteiger partial charge in [-0.1, -0.05) is 13.8 Å². The summed E-state index contributed by atoms with van der Waals surface area (Å²) < 4.78 is 5.12. The molecule has 0 radical (unpaired) electrons. The highest BCUT2D eigenvalue weighted by atomic mass is 16.5. The van der Waals surface area contributed by atoms with Gasteiger partial charge in [-0.05, 0) is 43.1 Å². The van der Waals surface area contributed by atoms with Gasteiger partial charge < -0.3 is 19.9 Å². The summed E-state index contributed by atoms with van der Waals surface area (Å²) in [6.07, 6.45) is 1.03. The van der Waals surface area contributed by atoms with E-state index in [2.05, 4.69) is 24.1 Å². The maximum atomic E-state index is 12.4. The summed E-state index contributed by atoms with van der Waals surface area (Å²) >= 11 is 0. The van der Waals surface area contributed by atoms with Gasteiger partial charge in [0.05, 0.1) is 7.11 Å². The number of benzene rings is 1. The molecule has 0 saturated carbocycles. The minimum absolute atomic E-state index is 0.0491. The number of amides is 2. The first kappa shape index (κ1) is 16.6. The molecule has 0 bridgehead atoms. The lowest BCUT2D eigenvalue weighted by Crippen LogP contribution is -2.51. The minimum Gasteiger partial charge on any atom is -0.497 e. The fourth-order valence-corrected chi connectivity index (χ4v) is 3.12. The Morgan fingerprint density at radius 2 is 2.09 bits per heavy atom. The van der Waals surface area contributed by atoms with Crippen molar-refractivity contribution in [1.82, 2.24) is 9.80 Å². The van der Waals surface area contributed by atoms with Gasteiger partial charge in [0.25, 0.3) is 0 Å². The van der Waals surface area contributed by atoms with Gasteiger partial charge in [0.15, 0.2) is 0 Å². The molecular weight excluding hydrogens is 278 g/mol. The summed E-state index contributed by atoms with van der Waals surface area (Å²) in [6.45, 7) is 7.61. The Hall–Kier alpha value is -1.75. The van der Waals surface area contributed by atoms with E-state index >= 15 is 0 Å². The van der Waals surface area contributed by atoms with Gasteiger partial charge in [0.1, 0.15) is 5.75 Å². The summed E-state index contributed by atoms with van der Waals surface area (Å²) in [5, 5.41) is 2.95. The molecule has 1 aromatic carbocycles. The van der Waals surface area contributed by atoms with Crippen molar-refractivity contribution in [3.63, 3.8) is 0 Å². The lowest BCUT2D eigenvalue weighted by molar-refractivity contribution is 0.101. The van der Waals surface area contributed by atoms with E-state index < -0.39 is 0 Å². The van der Waals surface area contributed by atoms with E-state index in [1.54, 1.807) is 7.11 Å². The van der Waals surface area contributed by atoms with E-state index in [0.29, 0.717) is 12.0 Å². The fraction of sp³-hybridized carbons (Fsp3) is 0.588. The molecule has 0 aromatic heterocycles. The molecular formula is C17H27N3O2. The Morgan fingerprint density at radius 3 is 2.64 bits per heavy atom. The van der Waals surface area contributed by atoms with E-state index in [4.69, 9.17) is 4.74 Å². The number of rotatable bonds is 4. The van der Waals surface area contributed by atoms with Crippen LogP contribution in [0, 0.1) is 5.92 Å². The van der Waals surface area contributed by atoms with Gasteiger partial charge in [-0.15, -0.1) is 0 Å². The Morgan fingerprint density at radius 1 is 1.41 bits per heavy atom. The van der Waals surface area contributed by atoms with Crippen LogP contribution >= 0.6 is 0 Å². The highest BCUT2D eigenvalue weighted by molar-refractivity contribution is 5.89. The zero-order valence-electron chi connectivity index (χ0n) is 14.0. The highest BCUT2D eigenvalue weighted by Crippen LogP contribution is 2.22. The fourth-order valence-electron chi connectivity index (χ4n) is 3.12. The second kappa shape index (κ2) is 7.49. The molecule has 1 aliphatic rings. The first-order chi connectivity index (χ1) is 10.5. The zero-order valence-corrected chi connectivity index (χ0v) is 14.0. The monoisotopic (exact) mass is 305 g/mol. The number of likely N-dealkylation sites (tertiary alicyclic amines) is 1. The van der Waals surface area contributed by atoms with Gasteiger partial charge in [-0.25, -0.2) is 4.79 Å². The van der Waals surface area contributed by atoms with Crippen LogP contribution in [0.3, 0.4) is 0 Å². The van der Waals surface area contributed by atoms with Crippen LogP contribution in [0.5, 0.6) is 5.75 Å². The predicted octanol–water partition coefficient (Wildman–Crippen LogP) is 2.89. The van der Waals surface area contributed by atoms with Crippen LogP contribution in [0.15, 0.2) is 24.3 Å². The number of anilines is 1. The molecule has 0 aliphatic carbocycles. The number of urea groups is 1. The van der Waals surface area contributed by atoms with Crippen LogP contribution in [0.2, 0.25) is 0 Å². The summed E-state index contributed by atoms with van der Waals surface area (Å²) in [5.41, 5.74) is 0.788. The molecule has 1 heterocycles. The molecule has 5 heteroatoms. The van der Waals surface area contributed by atoms with E-state index in [9.17, 15) is 4.79 Å². The molecule has 1 fully saturated rings. The Balaban J connectivity index is 1.93. The predicted molar refractivity (Wildman–Crippen MR) is 89.5 cm³/mol. The number of carbonyl (C=O) groups excluding carboxylic acids is 1. The lowest BCUT2D eigenvalue weighted by Gasteiger charge is -2.40. The average Bonchev–Trinajstić information content (AvgIpc) is 2.54. The van der Waals surface area contributed by atoms with Crippen molar-refractivity contribution in [2.75, 3.05) is 39.1 Å². The van der Waals surface area contributed by atoms with Crippen molar-refractivity contribution in [3.8, 4) is 5.75 Å². The molecule has 2 amide bonds. The molecule has 0 unspecified atom stereocenters. The number of carbonyl (C=O) groups is 1. The normalized spacial score (nSPS) is 22.2. The third kappa shape index (κ3) is 3.91. The van der Waals surface area contributed by atoms with E-state index in [1.807, 2.05) is 36.2 Å². The summed E-state index contributed by atoms with van der Waals surface area (Å²) in [4.78, 5) is 16.7. The Kier molecular flexibility index (Phi) is 5.66. The summed E-state index contributed by atoms with van der Waals surface area (Å²) in [5.74, 6) is 1.27. The minimum atomic E-state index is -0.0491. The first-order valence-corrected chi connectivity index (χ1v) is 7.95. The maximum Gasteiger partial charge on any atom is 0.321 e. The largest absolute Gasteiger partial charge is 0.497 e. The molecule has 122 valence electrons. The summed E-state index contributed by atoms with van der Waals surface area (Å²) in [7, 11) is 3.52. The lowest BCUT2D eigenvalue weighted by atomic mass is 9.93. The second-order valence-corrected chi connectivity index (χ2v) is 6.00. The molecule has 2 atom stereocenters. The van der Waals surface area contributed by atoms with Crippen LogP contribution in [0.25, 0.3) is 0 Å². The number of hydrogen-bond acceptors (Lipinski definition) is 3. The number of nitrogens with zero attached hydrogens (tertiary/aromatic N) is 2. The number of piperidine rings is 1. The third-order valence-corrected chi connectivity index (χ3v) is 4.55. The van der Waals surface area contributed by atoms with Gasteiger partial charge in [-0.3, -0.25) is 0 Å². The topological polar surface area (TPSA) is 44.8 Å². The van der Waals surface area contributed by atoms with Crippen molar-refractivity contribution in [3.05, 3.63) is 24.3 Å². The number of hydrogen-bond donors (Lipinski definition) is 1. The van der Waals surface area contributed by atoms with Crippen molar-refractivity contribution in [1.29, 1.82) is 0 Å². The van der Waals surface area contributed by atoms with Gasteiger partial charge in [0, 0.05) is 31.9 Å². The highest BCUT2D eigenvalue weighted by Gasteiger charge is 2.30. The molecule has 1 N–H and O–H groups in total. The number of ether oxygens (including phenoxy) is 1. The zero-order chi connectivity index (χ0) is 16.1. The molecule has 1 aromatic rings. The Labute approximate surface area is 133 Å².